The molecule has 110 valence electrons. The van der Waals surface area contributed by atoms with Crippen molar-refractivity contribution in [1.29, 1.82) is 0 Å². The second-order valence-electron chi connectivity index (χ2n) is 4.23. The summed E-state index contributed by atoms with van der Waals surface area (Å²) < 4.78 is 6.14. The van der Waals surface area contributed by atoms with Gasteiger partial charge in [-0.1, -0.05) is 17.7 Å². The van der Waals surface area contributed by atoms with Crippen LogP contribution in [0.1, 0.15) is 9.67 Å². The van der Waals surface area contributed by atoms with Crippen LogP contribution in [0.2, 0.25) is 4.34 Å². The van der Waals surface area contributed by atoms with Crippen molar-refractivity contribution in [3.63, 3.8) is 0 Å². The SMILES string of the molecule is O=C(Nc1cccc(Oc2cnccn2)c1)c1ccc(Cl)s1. The maximum atomic E-state index is 12.1. The summed E-state index contributed by atoms with van der Waals surface area (Å²) in [5.41, 5.74) is 0.621. The van der Waals surface area contributed by atoms with E-state index < -0.39 is 0 Å². The maximum absolute atomic E-state index is 12.1. The molecule has 5 nitrogen and oxygen atoms in total. The van der Waals surface area contributed by atoms with Crippen LogP contribution < -0.4 is 10.1 Å². The Bertz CT molecular complexity index is 792. The summed E-state index contributed by atoms with van der Waals surface area (Å²) in [4.78, 5) is 20.6. The molecule has 2 heterocycles. The molecule has 0 aliphatic carbocycles. The minimum Gasteiger partial charge on any atom is -0.437 e. The highest BCUT2D eigenvalue weighted by Crippen LogP contribution is 2.25. The zero-order chi connectivity index (χ0) is 15.4. The molecule has 2 aromatic heterocycles. The first-order valence-electron chi connectivity index (χ1n) is 6.31. The number of aromatic nitrogens is 2. The molecule has 0 saturated heterocycles. The van der Waals surface area contributed by atoms with Crippen molar-refractivity contribution < 1.29 is 9.53 Å². The van der Waals surface area contributed by atoms with Crippen LogP contribution in [0.15, 0.2) is 55.0 Å². The number of ether oxygens (including phenoxy) is 1. The smallest absolute Gasteiger partial charge is 0.265 e. The van der Waals surface area contributed by atoms with Crippen molar-refractivity contribution in [3.8, 4) is 11.6 Å². The zero-order valence-corrected chi connectivity index (χ0v) is 12.8. The Kier molecular flexibility index (Phi) is 4.32. The topological polar surface area (TPSA) is 64.1 Å². The van der Waals surface area contributed by atoms with Gasteiger partial charge in [-0.25, -0.2) is 4.98 Å². The fraction of sp³-hybridized carbons (Fsp3) is 0. The number of nitrogens with zero attached hydrogens (tertiary/aromatic N) is 2. The number of hydrogen-bond donors (Lipinski definition) is 1. The average molecular weight is 332 g/mol. The zero-order valence-electron chi connectivity index (χ0n) is 11.2. The Labute approximate surface area is 135 Å². The van der Waals surface area contributed by atoms with Crippen molar-refractivity contribution >= 4 is 34.5 Å². The highest BCUT2D eigenvalue weighted by atomic mass is 35.5. The summed E-state index contributed by atoms with van der Waals surface area (Å²) in [7, 11) is 0. The molecule has 0 unspecified atom stereocenters. The lowest BCUT2D eigenvalue weighted by atomic mass is 10.3. The molecule has 0 bridgehead atoms. The van der Waals surface area contributed by atoms with E-state index in [0.717, 1.165) is 0 Å². The third kappa shape index (κ3) is 3.60. The highest BCUT2D eigenvalue weighted by Gasteiger charge is 2.09. The van der Waals surface area contributed by atoms with Crippen LogP contribution in [0.5, 0.6) is 11.6 Å². The van der Waals surface area contributed by atoms with Gasteiger partial charge < -0.3 is 10.1 Å². The number of halogens is 1. The van der Waals surface area contributed by atoms with E-state index in [4.69, 9.17) is 16.3 Å². The van der Waals surface area contributed by atoms with Crippen LogP contribution in [0.3, 0.4) is 0 Å². The van der Waals surface area contributed by atoms with Crippen LogP contribution >= 0.6 is 22.9 Å². The Hall–Kier alpha value is -2.44. The number of rotatable bonds is 4. The van der Waals surface area contributed by atoms with Gasteiger partial charge in [-0.2, -0.15) is 0 Å². The lowest BCUT2D eigenvalue weighted by Crippen LogP contribution is -2.09. The Morgan fingerprint density at radius 3 is 2.86 bits per heavy atom. The van der Waals surface area contributed by atoms with Gasteiger partial charge in [-0.3, -0.25) is 9.78 Å². The molecule has 1 amide bonds. The van der Waals surface area contributed by atoms with E-state index >= 15 is 0 Å². The summed E-state index contributed by atoms with van der Waals surface area (Å²) in [6, 6.07) is 10.4. The summed E-state index contributed by atoms with van der Waals surface area (Å²) in [5.74, 6) is 0.729. The third-order valence-corrected chi connectivity index (χ3v) is 3.88. The van der Waals surface area contributed by atoms with Crippen LogP contribution in [0, 0.1) is 0 Å². The number of carbonyl (C=O) groups excluding carboxylic acids is 1. The average Bonchev–Trinajstić information content (AvgIpc) is 2.95. The molecule has 0 saturated carbocycles. The van der Waals surface area contributed by atoms with Gasteiger partial charge in [0.15, 0.2) is 0 Å². The quantitative estimate of drug-likeness (QED) is 0.776. The minimum absolute atomic E-state index is 0.214. The molecule has 0 fully saturated rings. The largest absolute Gasteiger partial charge is 0.437 e. The Balaban J connectivity index is 1.72. The number of carbonyl (C=O) groups is 1. The van der Waals surface area contributed by atoms with E-state index in [1.165, 1.54) is 17.5 Å². The van der Waals surface area contributed by atoms with E-state index in [9.17, 15) is 4.79 Å². The summed E-state index contributed by atoms with van der Waals surface area (Å²) >= 11 is 7.05. The van der Waals surface area contributed by atoms with Crippen LogP contribution in [0.4, 0.5) is 5.69 Å². The molecule has 3 rings (SSSR count). The molecule has 0 aliphatic rings. The molecule has 0 spiro atoms. The number of benzene rings is 1. The van der Waals surface area contributed by atoms with E-state index in [-0.39, 0.29) is 5.91 Å². The lowest BCUT2D eigenvalue weighted by molar-refractivity contribution is 0.103. The fourth-order valence-corrected chi connectivity index (χ4v) is 2.66. The highest BCUT2D eigenvalue weighted by molar-refractivity contribution is 7.18. The van der Waals surface area contributed by atoms with Gasteiger partial charge in [0.25, 0.3) is 5.91 Å². The van der Waals surface area contributed by atoms with Gasteiger partial charge in [0.05, 0.1) is 15.4 Å². The maximum Gasteiger partial charge on any atom is 0.265 e. The summed E-state index contributed by atoms with van der Waals surface area (Å²) in [6.07, 6.45) is 4.62. The number of amides is 1. The summed E-state index contributed by atoms with van der Waals surface area (Å²) in [5, 5.41) is 2.79. The molecule has 3 aromatic rings. The molecular weight excluding hydrogens is 322 g/mol. The van der Waals surface area contributed by atoms with Crippen molar-refractivity contribution in [2.24, 2.45) is 0 Å². The second kappa shape index (κ2) is 6.55. The van der Waals surface area contributed by atoms with E-state index in [2.05, 4.69) is 15.3 Å². The molecule has 0 aliphatic heterocycles. The minimum atomic E-state index is -0.214. The van der Waals surface area contributed by atoms with Gasteiger partial charge >= 0.3 is 0 Å². The second-order valence-corrected chi connectivity index (χ2v) is 5.95. The third-order valence-electron chi connectivity index (χ3n) is 2.65. The molecule has 1 aromatic carbocycles. The van der Waals surface area contributed by atoms with Crippen molar-refractivity contribution in [3.05, 3.63) is 64.2 Å². The Morgan fingerprint density at radius 1 is 1.23 bits per heavy atom. The number of anilines is 1. The van der Waals surface area contributed by atoms with Gasteiger partial charge in [0.2, 0.25) is 5.88 Å². The predicted molar refractivity (Wildman–Crippen MR) is 85.8 cm³/mol. The first kappa shape index (κ1) is 14.5. The summed E-state index contributed by atoms with van der Waals surface area (Å²) in [6.45, 7) is 0. The molecule has 0 atom stereocenters. The predicted octanol–water partition coefficient (Wildman–Crippen LogP) is 4.24. The van der Waals surface area contributed by atoms with Crippen molar-refractivity contribution in [1.82, 2.24) is 9.97 Å². The van der Waals surface area contributed by atoms with Crippen LogP contribution in [-0.2, 0) is 0 Å². The fourth-order valence-electron chi connectivity index (χ4n) is 1.73. The molecule has 1 N–H and O–H groups in total. The monoisotopic (exact) mass is 331 g/mol. The normalized spacial score (nSPS) is 10.2. The number of nitrogens with one attached hydrogen (secondary N) is 1. The molecule has 22 heavy (non-hydrogen) atoms. The van der Waals surface area contributed by atoms with E-state index in [1.54, 1.807) is 48.8 Å². The van der Waals surface area contributed by atoms with Crippen LogP contribution in [-0.4, -0.2) is 15.9 Å². The van der Waals surface area contributed by atoms with Gasteiger partial charge in [0.1, 0.15) is 5.75 Å². The van der Waals surface area contributed by atoms with Gasteiger partial charge in [-0.05, 0) is 24.3 Å². The lowest BCUT2D eigenvalue weighted by Gasteiger charge is -2.07. The van der Waals surface area contributed by atoms with Gasteiger partial charge in [0, 0.05) is 24.1 Å². The van der Waals surface area contributed by atoms with Gasteiger partial charge in [-0.15, -0.1) is 11.3 Å². The van der Waals surface area contributed by atoms with E-state index in [1.807, 2.05) is 0 Å². The molecule has 7 heteroatoms. The molecule has 0 radical (unpaired) electrons. The molecular formula is C15H10ClN3O2S. The number of hydrogen-bond acceptors (Lipinski definition) is 5. The Morgan fingerprint density at radius 2 is 2.14 bits per heavy atom. The van der Waals surface area contributed by atoms with Crippen molar-refractivity contribution in [2.75, 3.05) is 5.32 Å². The van der Waals surface area contributed by atoms with Crippen molar-refractivity contribution in [2.45, 2.75) is 0 Å². The first-order chi connectivity index (χ1) is 10.7. The first-order valence-corrected chi connectivity index (χ1v) is 7.51. The number of thiophene rings is 1. The standard InChI is InChI=1S/C15H10ClN3O2S/c16-13-5-4-12(22-13)15(20)19-10-2-1-3-11(8-10)21-14-9-17-6-7-18-14/h1-9H,(H,19,20). The van der Waals surface area contributed by atoms with Crippen LogP contribution in [0.25, 0.3) is 0 Å². The van der Waals surface area contributed by atoms with E-state index in [0.29, 0.717) is 26.5 Å².